The summed E-state index contributed by atoms with van der Waals surface area (Å²) in [5.74, 6) is -0.0453. The first-order valence-corrected chi connectivity index (χ1v) is 8.28. The molecule has 0 radical (unpaired) electrons. The van der Waals surface area contributed by atoms with Crippen LogP contribution >= 0.6 is 34.7 Å². The molecule has 20 heavy (non-hydrogen) atoms. The summed E-state index contributed by atoms with van der Waals surface area (Å²) in [6.45, 7) is 0.901. The van der Waals surface area contributed by atoms with Crippen molar-refractivity contribution >= 4 is 40.6 Å². The Morgan fingerprint density at radius 3 is 2.90 bits per heavy atom. The molecule has 0 fully saturated rings. The summed E-state index contributed by atoms with van der Waals surface area (Å²) in [6, 6.07) is 11.4. The number of thioether (sulfide) groups is 1. The molecule has 0 aliphatic rings. The lowest BCUT2D eigenvalue weighted by molar-refractivity contribution is -0.120. The van der Waals surface area contributed by atoms with Gasteiger partial charge in [-0.2, -0.15) is 0 Å². The Morgan fingerprint density at radius 1 is 1.40 bits per heavy atom. The first-order valence-electron chi connectivity index (χ1n) is 6.14. The highest BCUT2D eigenvalue weighted by atomic mass is 35.5. The number of nitrogens with one attached hydrogen (secondary N) is 1. The topological polar surface area (TPSA) is 55.1 Å². The van der Waals surface area contributed by atoms with E-state index in [1.807, 2.05) is 35.7 Å². The van der Waals surface area contributed by atoms with Crippen LogP contribution in [0.3, 0.4) is 0 Å². The van der Waals surface area contributed by atoms with E-state index in [-0.39, 0.29) is 11.2 Å². The van der Waals surface area contributed by atoms with Crippen LogP contribution in [-0.4, -0.2) is 19.0 Å². The third-order valence-electron chi connectivity index (χ3n) is 2.56. The molecule has 0 bridgehead atoms. The second kappa shape index (κ2) is 7.69. The molecule has 1 atom stereocenters. The van der Waals surface area contributed by atoms with Gasteiger partial charge in [0.05, 0.1) is 4.21 Å². The van der Waals surface area contributed by atoms with Crippen molar-refractivity contribution in [3.8, 4) is 0 Å². The molecular weight excluding hydrogens is 312 g/mol. The fraction of sp³-hybridized carbons (Fsp3) is 0.214. The fourth-order valence-electron chi connectivity index (χ4n) is 1.68. The van der Waals surface area contributed by atoms with Gasteiger partial charge in [-0.05, 0) is 29.1 Å². The van der Waals surface area contributed by atoms with Gasteiger partial charge in [0.2, 0.25) is 5.91 Å². The molecule has 2 rings (SSSR count). The maximum atomic E-state index is 12.3. The zero-order valence-electron chi connectivity index (χ0n) is 10.7. The number of carbonyl (C=O) groups excluding carboxylic acids is 1. The Kier molecular flexibility index (Phi) is 5.91. The van der Waals surface area contributed by atoms with E-state index in [9.17, 15) is 4.79 Å². The van der Waals surface area contributed by atoms with E-state index in [1.54, 1.807) is 17.4 Å². The molecular formula is C14H15ClN2OS2. The maximum absolute atomic E-state index is 12.3. The molecule has 1 aromatic heterocycles. The van der Waals surface area contributed by atoms with Crippen LogP contribution in [0.15, 0.2) is 46.0 Å². The van der Waals surface area contributed by atoms with Gasteiger partial charge < -0.3 is 11.1 Å². The lowest BCUT2D eigenvalue weighted by atomic mass is 10.1. The van der Waals surface area contributed by atoms with Gasteiger partial charge in [-0.15, -0.1) is 11.3 Å². The Balaban J connectivity index is 2.21. The zero-order chi connectivity index (χ0) is 14.4. The quantitative estimate of drug-likeness (QED) is 0.801. The smallest absolute Gasteiger partial charge is 0.238 e. The minimum atomic E-state index is -0.320. The van der Waals surface area contributed by atoms with Gasteiger partial charge in [-0.3, -0.25) is 4.79 Å². The summed E-state index contributed by atoms with van der Waals surface area (Å²) in [4.78, 5) is 12.3. The summed E-state index contributed by atoms with van der Waals surface area (Å²) in [6.07, 6.45) is 0. The number of hydrogen-bond donors (Lipinski definition) is 2. The standard InChI is InChI=1S/C14H15ClN2OS2/c15-11-4-1-3-10(9-11)13(14(18)17-7-6-16)20-12-5-2-8-19-12/h1-5,8-9,13H,6-7,16H2,(H,17,18). The molecule has 0 saturated heterocycles. The Hall–Kier alpha value is -1.01. The van der Waals surface area contributed by atoms with Gasteiger partial charge in [-0.1, -0.05) is 41.6 Å². The van der Waals surface area contributed by atoms with Crippen LogP contribution < -0.4 is 11.1 Å². The van der Waals surface area contributed by atoms with E-state index in [1.165, 1.54) is 11.8 Å². The van der Waals surface area contributed by atoms with E-state index >= 15 is 0 Å². The summed E-state index contributed by atoms with van der Waals surface area (Å²) in [5.41, 5.74) is 6.33. The maximum Gasteiger partial charge on any atom is 0.238 e. The zero-order valence-corrected chi connectivity index (χ0v) is 13.1. The van der Waals surface area contributed by atoms with Crippen molar-refractivity contribution in [2.45, 2.75) is 9.46 Å². The predicted octanol–water partition coefficient (Wildman–Crippen LogP) is 3.31. The Labute approximate surface area is 131 Å². The van der Waals surface area contributed by atoms with Crippen molar-refractivity contribution in [2.75, 3.05) is 13.1 Å². The number of amides is 1. The number of thiophene rings is 1. The van der Waals surface area contributed by atoms with Crippen molar-refractivity contribution in [3.63, 3.8) is 0 Å². The second-order valence-corrected chi connectivity index (χ2v) is 6.85. The van der Waals surface area contributed by atoms with Crippen molar-refractivity contribution in [2.24, 2.45) is 5.73 Å². The van der Waals surface area contributed by atoms with E-state index in [0.717, 1.165) is 9.77 Å². The highest BCUT2D eigenvalue weighted by Crippen LogP contribution is 2.38. The van der Waals surface area contributed by atoms with Crippen LogP contribution in [0, 0.1) is 0 Å². The van der Waals surface area contributed by atoms with Crippen LogP contribution in [0.1, 0.15) is 10.8 Å². The molecule has 2 aromatic rings. The largest absolute Gasteiger partial charge is 0.354 e. The number of carbonyl (C=O) groups is 1. The van der Waals surface area contributed by atoms with Crippen molar-refractivity contribution in [1.29, 1.82) is 0 Å². The minimum Gasteiger partial charge on any atom is -0.354 e. The van der Waals surface area contributed by atoms with Gasteiger partial charge in [0.15, 0.2) is 0 Å². The molecule has 6 heteroatoms. The highest BCUT2D eigenvalue weighted by Gasteiger charge is 2.22. The van der Waals surface area contributed by atoms with Crippen LogP contribution in [0.4, 0.5) is 0 Å². The molecule has 1 aromatic carbocycles. The Bertz CT molecular complexity index is 560. The van der Waals surface area contributed by atoms with Crippen LogP contribution in [0.5, 0.6) is 0 Å². The molecule has 0 aliphatic carbocycles. The summed E-state index contributed by atoms with van der Waals surface area (Å²) in [5, 5.41) is 5.14. The number of nitrogens with two attached hydrogens (primary N) is 1. The molecule has 1 heterocycles. The van der Waals surface area contributed by atoms with Crippen molar-refractivity contribution in [1.82, 2.24) is 5.32 Å². The molecule has 0 aliphatic heterocycles. The van der Waals surface area contributed by atoms with Crippen LogP contribution in [0.2, 0.25) is 5.02 Å². The number of hydrogen-bond acceptors (Lipinski definition) is 4. The lowest BCUT2D eigenvalue weighted by Gasteiger charge is -2.16. The fourth-order valence-corrected chi connectivity index (χ4v) is 3.86. The minimum absolute atomic E-state index is 0.0453. The molecule has 3 nitrogen and oxygen atoms in total. The third-order valence-corrected chi connectivity index (χ3v) is 5.13. The van der Waals surface area contributed by atoms with Gasteiger partial charge in [0.25, 0.3) is 0 Å². The number of halogens is 1. The van der Waals surface area contributed by atoms with E-state index in [2.05, 4.69) is 5.32 Å². The number of rotatable bonds is 6. The lowest BCUT2D eigenvalue weighted by Crippen LogP contribution is -2.32. The molecule has 106 valence electrons. The van der Waals surface area contributed by atoms with E-state index < -0.39 is 0 Å². The number of benzene rings is 1. The van der Waals surface area contributed by atoms with Gasteiger partial charge in [0.1, 0.15) is 5.25 Å². The van der Waals surface area contributed by atoms with Crippen molar-refractivity contribution in [3.05, 3.63) is 52.4 Å². The van der Waals surface area contributed by atoms with Crippen LogP contribution in [-0.2, 0) is 4.79 Å². The molecule has 1 amide bonds. The monoisotopic (exact) mass is 326 g/mol. The highest BCUT2D eigenvalue weighted by molar-refractivity contribution is 8.02. The SMILES string of the molecule is NCCNC(=O)C(Sc1cccs1)c1cccc(Cl)c1. The van der Waals surface area contributed by atoms with Crippen molar-refractivity contribution < 1.29 is 4.79 Å². The molecule has 1 unspecified atom stereocenters. The molecule has 3 N–H and O–H groups in total. The predicted molar refractivity (Wildman–Crippen MR) is 86.4 cm³/mol. The molecule has 0 saturated carbocycles. The third kappa shape index (κ3) is 4.24. The van der Waals surface area contributed by atoms with Gasteiger partial charge in [-0.25, -0.2) is 0 Å². The average Bonchev–Trinajstić information content (AvgIpc) is 2.95. The second-order valence-electron chi connectivity index (χ2n) is 4.06. The Morgan fingerprint density at radius 2 is 2.25 bits per heavy atom. The first kappa shape index (κ1) is 15.4. The van der Waals surface area contributed by atoms with Gasteiger partial charge in [0, 0.05) is 18.1 Å². The summed E-state index contributed by atoms with van der Waals surface area (Å²) in [7, 11) is 0. The average molecular weight is 327 g/mol. The van der Waals surface area contributed by atoms with E-state index in [4.69, 9.17) is 17.3 Å². The van der Waals surface area contributed by atoms with Gasteiger partial charge >= 0.3 is 0 Å². The normalized spacial score (nSPS) is 12.1. The van der Waals surface area contributed by atoms with E-state index in [0.29, 0.717) is 18.1 Å². The summed E-state index contributed by atoms with van der Waals surface area (Å²) < 4.78 is 1.10. The molecule has 0 spiro atoms. The van der Waals surface area contributed by atoms with Crippen LogP contribution in [0.25, 0.3) is 0 Å². The first-order chi connectivity index (χ1) is 9.70. The summed E-state index contributed by atoms with van der Waals surface area (Å²) >= 11 is 9.16.